The van der Waals surface area contributed by atoms with Crippen LogP contribution in [0.25, 0.3) is 10.6 Å². The van der Waals surface area contributed by atoms with Gasteiger partial charge in [-0.15, -0.1) is 0 Å². The number of hydrogen-bond donors (Lipinski definition) is 2. The molecule has 0 spiro atoms. The summed E-state index contributed by atoms with van der Waals surface area (Å²) in [7, 11) is 1.91. The number of thiazole rings is 1. The predicted molar refractivity (Wildman–Crippen MR) is 108 cm³/mol. The predicted octanol–water partition coefficient (Wildman–Crippen LogP) is 3.02. The van der Waals surface area contributed by atoms with Crippen LogP contribution in [0.2, 0.25) is 0 Å². The number of nitrogens with one attached hydrogen (secondary N) is 2. The Balaban J connectivity index is 1.42. The highest BCUT2D eigenvalue weighted by molar-refractivity contribution is 7.18. The van der Waals surface area contributed by atoms with Crippen LogP contribution in [0.4, 0.5) is 10.9 Å². The van der Waals surface area contributed by atoms with E-state index in [2.05, 4.69) is 30.6 Å². The topological polar surface area (TPSA) is 94.1 Å². The van der Waals surface area contributed by atoms with Crippen molar-refractivity contribution < 1.29 is 9.47 Å². The molecule has 0 atom stereocenters. The molecule has 146 valence electrons. The van der Waals surface area contributed by atoms with Gasteiger partial charge in [0.05, 0.1) is 23.8 Å². The Morgan fingerprint density at radius 3 is 2.82 bits per heavy atom. The molecule has 1 aliphatic rings. The van der Waals surface area contributed by atoms with E-state index in [1.165, 1.54) is 11.3 Å². The van der Waals surface area contributed by atoms with Gasteiger partial charge < -0.3 is 20.1 Å². The molecular formula is C19H22N6O2S. The van der Waals surface area contributed by atoms with E-state index in [0.717, 1.165) is 59.7 Å². The molecule has 8 nitrogen and oxygen atoms in total. The van der Waals surface area contributed by atoms with Gasteiger partial charge in [-0.2, -0.15) is 4.98 Å². The number of nitrogens with zero attached hydrogens (tertiary/aromatic N) is 4. The van der Waals surface area contributed by atoms with Crippen LogP contribution in [-0.4, -0.2) is 46.3 Å². The third-order valence-electron chi connectivity index (χ3n) is 4.27. The smallest absolute Gasteiger partial charge is 0.317 e. The molecule has 0 unspecified atom stereocenters. The van der Waals surface area contributed by atoms with E-state index < -0.39 is 0 Å². The zero-order valence-electron chi connectivity index (χ0n) is 15.6. The summed E-state index contributed by atoms with van der Waals surface area (Å²) >= 11 is 1.51. The van der Waals surface area contributed by atoms with Crippen molar-refractivity contribution in [2.75, 3.05) is 25.6 Å². The van der Waals surface area contributed by atoms with Crippen LogP contribution >= 0.6 is 11.3 Å². The summed E-state index contributed by atoms with van der Waals surface area (Å²) in [5.74, 6) is 0.756. The van der Waals surface area contributed by atoms with Gasteiger partial charge >= 0.3 is 6.01 Å². The molecule has 0 bridgehead atoms. The molecule has 3 aromatic heterocycles. The van der Waals surface area contributed by atoms with Gasteiger partial charge in [-0.1, -0.05) is 17.4 Å². The number of hydrogen-bond acceptors (Lipinski definition) is 9. The van der Waals surface area contributed by atoms with Crippen LogP contribution in [0.15, 0.2) is 36.8 Å². The van der Waals surface area contributed by atoms with Crippen LogP contribution in [0, 0.1) is 0 Å². The van der Waals surface area contributed by atoms with Crippen LogP contribution in [0.5, 0.6) is 6.01 Å². The molecular weight excluding hydrogens is 376 g/mol. The number of aromatic nitrogens is 4. The van der Waals surface area contributed by atoms with Crippen molar-refractivity contribution in [1.29, 1.82) is 0 Å². The molecule has 2 N–H and O–H groups in total. The van der Waals surface area contributed by atoms with E-state index in [4.69, 9.17) is 9.47 Å². The van der Waals surface area contributed by atoms with Crippen LogP contribution in [0.1, 0.15) is 18.4 Å². The summed E-state index contributed by atoms with van der Waals surface area (Å²) in [6.45, 7) is 2.23. The van der Waals surface area contributed by atoms with Gasteiger partial charge in [0.15, 0.2) is 5.13 Å². The number of ether oxygens (including phenoxy) is 2. The highest BCUT2D eigenvalue weighted by atomic mass is 32.1. The summed E-state index contributed by atoms with van der Waals surface area (Å²) in [5, 5.41) is 7.10. The number of anilines is 2. The largest absolute Gasteiger partial charge is 0.460 e. The van der Waals surface area contributed by atoms with Crippen molar-refractivity contribution in [3.63, 3.8) is 0 Å². The molecule has 0 aromatic carbocycles. The molecule has 4 heterocycles. The molecule has 4 rings (SSSR count). The quantitative estimate of drug-likeness (QED) is 0.627. The third-order valence-corrected chi connectivity index (χ3v) is 5.21. The second kappa shape index (κ2) is 9.05. The molecule has 3 aromatic rings. The molecule has 1 saturated heterocycles. The van der Waals surface area contributed by atoms with Gasteiger partial charge in [-0.3, -0.25) is 0 Å². The average molecular weight is 398 g/mol. The SMILES string of the molecule is CNCc1ccc(Nc2ncc(-c3ccnc(OC4CCOCC4)n3)s2)nc1. The standard InChI is InChI=1S/C19H22N6O2S/c1-20-10-13-2-3-17(22-11-13)25-19-23-12-16(28-19)15-4-7-21-18(24-15)27-14-5-8-26-9-6-14/h2-4,7,11-12,14,20H,5-6,8-10H2,1H3,(H,22,23,25). The molecule has 0 aliphatic carbocycles. The lowest BCUT2D eigenvalue weighted by Gasteiger charge is -2.22. The van der Waals surface area contributed by atoms with Gasteiger partial charge in [-0.05, 0) is 24.7 Å². The Kier molecular flexibility index (Phi) is 6.05. The van der Waals surface area contributed by atoms with E-state index in [9.17, 15) is 0 Å². The lowest BCUT2D eigenvalue weighted by atomic mass is 10.2. The first-order valence-corrected chi connectivity index (χ1v) is 10.0. The Labute approximate surface area is 167 Å². The molecule has 1 fully saturated rings. The van der Waals surface area contributed by atoms with Crippen molar-refractivity contribution >= 4 is 22.3 Å². The van der Waals surface area contributed by atoms with Gasteiger partial charge in [0.1, 0.15) is 11.9 Å². The van der Waals surface area contributed by atoms with E-state index in [0.29, 0.717) is 6.01 Å². The first kappa shape index (κ1) is 18.7. The Morgan fingerprint density at radius 1 is 1.14 bits per heavy atom. The normalized spacial score (nSPS) is 14.8. The Bertz CT molecular complexity index is 895. The van der Waals surface area contributed by atoms with Crippen molar-refractivity contribution in [1.82, 2.24) is 25.3 Å². The molecule has 1 aliphatic heterocycles. The minimum Gasteiger partial charge on any atom is -0.460 e. The van der Waals surface area contributed by atoms with E-state index in [1.807, 2.05) is 31.4 Å². The van der Waals surface area contributed by atoms with E-state index in [1.54, 1.807) is 12.4 Å². The van der Waals surface area contributed by atoms with E-state index in [-0.39, 0.29) is 6.10 Å². The summed E-state index contributed by atoms with van der Waals surface area (Å²) in [6.07, 6.45) is 7.19. The highest BCUT2D eigenvalue weighted by Crippen LogP contribution is 2.30. The highest BCUT2D eigenvalue weighted by Gasteiger charge is 2.17. The second-order valence-corrected chi connectivity index (χ2v) is 7.42. The monoisotopic (exact) mass is 398 g/mol. The number of pyridine rings is 1. The molecule has 0 saturated carbocycles. The fourth-order valence-corrected chi connectivity index (χ4v) is 3.64. The summed E-state index contributed by atoms with van der Waals surface area (Å²) < 4.78 is 11.3. The molecule has 9 heteroatoms. The fraction of sp³-hybridized carbons (Fsp3) is 0.368. The zero-order chi connectivity index (χ0) is 19.2. The summed E-state index contributed by atoms with van der Waals surface area (Å²) in [5.41, 5.74) is 1.92. The maximum atomic E-state index is 5.90. The Morgan fingerprint density at radius 2 is 2.04 bits per heavy atom. The van der Waals surface area contributed by atoms with Crippen molar-refractivity contribution in [3.05, 3.63) is 42.4 Å². The zero-order valence-corrected chi connectivity index (χ0v) is 16.4. The third kappa shape index (κ3) is 4.80. The van der Waals surface area contributed by atoms with Gasteiger partial charge in [0.2, 0.25) is 0 Å². The van der Waals surface area contributed by atoms with Gasteiger partial charge in [0.25, 0.3) is 0 Å². The maximum absolute atomic E-state index is 5.90. The molecule has 0 amide bonds. The molecule has 0 radical (unpaired) electrons. The summed E-state index contributed by atoms with van der Waals surface area (Å²) in [4.78, 5) is 18.6. The van der Waals surface area contributed by atoms with Gasteiger partial charge in [0, 0.05) is 38.0 Å². The number of rotatable bonds is 7. The average Bonchev–Trinajstić information content (AvgIpc) is 3.19. The van der Waals surface area contributed by atoms with Crippen molar-refractivity contribution in [2.45, 2.75) is 25.5 Å². The fourth-order valence-electron chi connectivity index (χ4n) is 2.84. The van der Waals surface area contributed by atoms with Crippen molar-refractivity contribution in [3.8, 4) is 16.6 Å². The lowest BCUT2D eigenvalue weighted by Crippen LogP contribution is -2.26. The lowest BCUT2D eigenvalue weighted by molar-refractivity contribution is 0.0217. The minimum absolute atomic E-state index is 0.111. The van der Waals surface area contributed by atoms with Gasteiger partial charge in [-0.25, -0.2) is 15.0 Å². The maximum Gasteiger partial charge on any atom is 0.317 e. The van der Waals surface area contributed by atoms with E-state index >= 15 is 0 Å². The van der Waals surface area contributed by atoms with Crippen molar-refractivity contribution in [2.24, 2.45) is 0 Å². The first-order valence-electron chi connectivity index (χ1n) is 9.20. The first-order chi connectivity index (χ1) is 13.8. The minimum atomic E-state index is 0.111. The Hall–Kier alpha value is -2.62. The van der Waals surface area contributed by atoms with Crippen LogP contribution in [-0.2, 0) is 11.3 Å². The second-order valence-electron chi connectivity index (χ2n) is 6.39. The molecule has 28 heavy (non-hydrogen) atoms. The van der Waals surface area contributed by atoms with Crippen LogP contribution in [0.3, 0.4) is 0 Å². The van der Waals surface area contributed by atoms with Crippen LogP contribution < -0.4 is 15.4 Å². The summed E-state index contributed by atoms with van der Waals surface area (Å²) in [6, 6.07) is 6.23.